The van der Waals surface area contributed by atoms with Crippen molar-refractivity contribution in [3.63, 3.8) is 0 Å². The summed E-state index contributed by atoms with van der Waals surface area (Å²) in [5.41, 5.74) is 6.09. The minimum atomic E-state index is -0.741. The maximum atomic E-state index is 12.2. The molecule has 1 amide bonds. The Morgan fingerprint density at radius 2 is 2.18 bits per heavy atom. The number of nitrogens with one attached hydrogen (secondary N) is 2. The summed E-state index contributed by atoms with van der Waals surface area (Å²) in [4.78, 5) is 15.5. The zero-order valence-electron chi connectivity index (χ0n) is 16.8. The average Bonchev–Trinajstić information content (AvgIpc) is 2.70. The van der Waals surface area contributed by atoms with E-state index < -0.39 is 16.7 Å². The van der Waals surface area contributed by atoms with Crippen LogP contribution in [0.5, 0.6) is 5.75 Å². The highest BCUT2D eigenvalue weighted by molar-refractivity contribution is 7.85. The van der Waals surface area contributed by atoms with Crippen molar-refractivity contribution in [2.24, 2.45) is 10.7 Å². The molecular formula is C20H32N4O3S. The molecule has 8 heteroatoms. The summed E-state index contributed by atoms with van der Waals surface area (Å²) in [6.45, 7) is 5.13. The number of carbonyl (C=O) groups is 1. The lowest BCUT2D eigenvalue weighted by Gasteiger charge is -2.30. The van der Waals surface area contributed by atoms with Gasteiger partial charge in [-0.2, -0.15) is 0 Å². The van der Waals surface area contributed by atoms with Crippen LogP contribution in [-0.4, -0.2) is 46.3 Å². The molecule has 0 radical (unpaired) electrons. The molecule has 1 saturated carbocycles. The monoisotopic (exact) mass is 408 g/mol. The first-order chi connectivity index (χ1) is 13.5. The van der Waals surface area contributed by atoms with Gasteiger partial charge in [0.2, 0.25) is 0 Å². The van der Waals surface area contributed by atoms with Crippen molar-refractivity contribution in [3.05, 3.63) is 29.8 Å². The second-order valence-electron chi connectivity index (χ2n) is 6.90. The summed E-state index contributed by atoms with van der Waals surface area (Å²) >= 11 is 0. The van der Waals surface area contributed by atoms with E-state index in [1.807, 2.05) is 32.0 Å². The summed E-state index contributed by atoms with van der Waals surface area (Å²) < 4.78 is 17.5. The van der Waals surface area contributed by atoms with Gasteiger partial charge in [-0.05, 0) is 43.9 Å². The maximum Gasteiger partial charge on any atom is 0.255 e. The fraction of sp³-hybridized carbons (Fsp3) is 0.600. The smallest absolute Gasteiger partial charge is 0.255 e. The van der Waals surface area contributed by atoms with E-state index in [9.17, 15) is 9.00 Å². The number of benzene rings is 1. The predicted molar refractivity (Wildman–Crippen MR) is 114 cm³/mol. The highest BCUT2D eigenvalue weighted by Crippen LogP contribution is 2.23. The lowest BCUT2D eigenvalue weighted by Crippen LogP contribution is -2.46. The van der Waals surface area contributed by atoms with Crippen LogP contribution >= 0.6 is 0 Å². The molecule has 1 fully saturated rings. The van der Waals surface area contributed by atoms with Crippen molar-refractivity contribution >= 4 is 22.7 Å². The highest BCUT2D eigenvalue weighted by Gasteiger charge is 2.26. The van der Waals surface area contributed by atoms with E-state index in [0.717, 1.165) is 49.5 Å². The fourth-order valence-electron chi connectivity index (χ4n) is 3.32. The number of nitrogens with two attached hydrogens (primary N) is 1. The van der Waals surface area contributed by atoms with Crippen LogP contribution in [0.4, 0.5) is 0 Å². The Bertz CT molecular complexity index is 696. The lowest BCUT2D eigenvalue weighted by molar-refractivity contribution is -0.119. The van der Waals surface area contributed by atoms with Crippen LogP contribution in [0.25, 0.3) is 0 Å². The zero-order valence-corrected chi connectivity index (χ0v) is 17.6. The van der Waals surface area contributed by atoms with Gasteiger partial charge in [0.15, 0.2) is 12.6 Å². The maximum absolute atomic E-state index is 12.2. The van der Waals surface area contributed by atoms with Gasteiger partial charge in [0, 0.05) is 34.4 Å². The summed E-state index contributed by atoms with van der Waals surface area (Å²) in [6.07, 6.45) is 4.12. The van der Waals surface area contributed by atoms with E-state index in [2.05, 4.69) is 15.6 Å². The Morgan fingerprint density at radius 1 is 1.36 bits per heavy atom. The average molecular weight is 409 g/mol. The Balaban J connectivity index is 1.97. The van der Waals surface area contributed by atoms with E-state index in [0.29, 0.717) is 12.3 Å². The van der Waals surface area contributed by atoms with Gasteiger partial charge in [-0.15, -0.1) is 0 Å². The molecule has 4 N–H and O–H groups in total. The second kappa shape index (κ2) is 11.7. The molecule has 1 aromatic carbocycles. The Morgan fingerprint density at radius 3 is 2.89 bits per heavy atom. The normalized spacial score (nSPS) is 21.0. The van der Waals surface area contributed by atoms with Crippen molar-refractivity contribution in [1.29, 1.82) is 0 Å². The van der Waals surface area contributed by atoms with Crippen LogP contribution in [0, 0.1) is 0 Å². The van der Waals surface area contributed by atoms with Gasteiger partial charge >= 0.3 is 0 Å². The summed E-state index contributed by atoms with van der Waals surface area (Å²) in [5, 5.41) is 7.06. The quantitative estimate of drug-likeness (QED) is 0.426. The summed E-state index contributed by atoms with van der Waals surface area (Å²) in [5.74, 6) is 1.58. The standard InChI is InChI=1S/C20H32N4O3S/c1-3-22-20(24-16-8-6-10-18(12-16)28(26)4-2)23-13-15-7-5-9-17(11-15)27-14-19(21)25/h5,7,9,11,16,18H,3-4,6,8,10,12-14H2,1-2H3,(H2,21,25)(H2,22,23,24). The number of aliphatic imine (C=N–C) groups is 1. The number of guanidine groups is 1. The van der Waals surface area contributed by atoms with Gasteiger partial charge in [0.25, 0.3) is 5.91 Å². The third-order valence-corrected chi connectivity index (χ3v) is 6.41. The molecule has 0 spiro atoms. The van der Waals surface area contributed by atoms with E-state index in [-0.39, 0.29) is 17.9 Å². The van der Waals surface area contributed by atoms with E-state index in [1.54, 1.807) is 6.07 Å². The first-order valence-corrected chi connectivity index (χ1v) is 11.3. The third-order valence-electron chi connectivity index (χ3n) is 4.67. The van der Waals surface area contributed by atoms with Crippen LogP contribution in [0.3, 0.4) is 0 Å². The van der Waals surface area contributed by atoms with Gasteiger partial charge in [-0.3, -0.25) is 9.00 Å². The van der Waals surface area contributed by atoms with Crippen molar-refractivity contribution in [2.75, 3.05) is 18.9 Å². The molecule has 7 nitrogen and oxygen atoms in total. The van der Waals surface area contributed by atoms with Crippen LogP contribution in [0.15, 0.2) is 29.3 Å². The molecule has 0 heterocycles. The number of primary amides is 1. The number of amides is 1. The molecule has 0 saturated heterocycles. The SMILES string of the molecule is CCNC(=NCc1cccc(OCC(N)=O)c1)NC1CCCC(S(=O)CC)C1. The summed E-state index contributed by atoms with van der Waals surface area (Å²) in [7, 11) is -0.741. The fourth-order valence-corrected chi connectivity index (χ4v) is 4.67. The largest absolute Gasteiger partial charge is 0.484 e. The van der Waals surface area contributed by atoms with Gasteiger partial charge in [-0.1, -0.05) is 25.5 Å². The first-order valence-electron chi connectivity index (χ1n) is 9.93. The molecule has 3 atom stereocenters. The number of hydrogen-bond donors (Lipinski definition) is 3. The highest BCUT2D eigenvalue weighted by atomic mass is 32.2. The molecular weight excluding hydrogens is 376 g/mol. The lowest BCUT2D eigenvalue weighted by atomic mass is 9.95. The third kappa shape index (κ3) is 7.50. The zero-order chi connectivity index (χ0) is 20.4. The van der Waals surface area contributed by atoms with Crippen molar-refractivity contribution < 1.29 is 13.7 Å². The van der Waals surface area contributed by atoms with Gasteiger partial charge < -0.3 is 21.1 Å². The molecule has 0 aromatic heterocycles. The number of carbonyl (C=O) groups excluding carboxylic acids is 1. The Hall–Kier alpha value is -2.09. The molecule has 1 aliphatic rings. The number of nitrogens with zero attached hydrogens (tertiary/aromatic N) is 1. The van der Waals surface area contributed by atoms with Crippen LogP contribution in [0.2, 0.25) is 0 Å². The van der Waals surface area contributed by atoms with E-state index >= 15 is 0 Å². The molecule has 156 valence electrons. The molecule has 0 bridgehead atoms. The first kappa shape index (κ1) is 22.2. The second-order valence-corrected chi connectivity index (χ2v) is 8.90. The van der Waals surface area contributed by atoms with Crippen LogP contribution in [0.1, 0.15) is 45.1 Å². The van der Waals surface area contributed by atoms with Gasteiger partial charge in [0.1, 0.15) is 5.75 Å². The summed E-state index contributed by atoms with van der Waals surface area (Å²) in [6, 6.07) is 7.77. The molecule has 1 aliphatic carbocycles. The minimum absolute atomic E-state index is 0.140. The van der Waals surface area contributed by atoms with Gasteiger partial charge in [-0.25, -0.2) is 4.99 Å². The molecule has 2 rings (SSSR count). The molecule has 28 heavy (non-hydrogen) atoms. The predicted octanol–water partition coefficient (Wildman–Crippen LogP) is 1.69. The van der Waals surface area contributed by atoms with E-state index in [1.165, 1.54) is 0 Å². The topological polar surface area (TPSA) is 106 Å². The molecule has 0 aliphatic heterocycles. The number of hydrogen-bond acceptors (Lipinski definition) is 4. The van der Waals surface area contributed by atoms with Crippen LogP contribution in [-0.2, 0) is 22.1 Å². The minimum Gasteiger partial charge on any atom is -0.484 e. The Labute approximate surface area is 170 Å². The van der Waals surface area contributed by atoms with Crippen LogP contribution < -0.4 is 21.1 Å². The van der Waals surface area contributed by atoms with Crippen molar-refractivity contribution in [2.45, 2.75) is 57.4 Å². The number of rotatable bonds is 9. The van der Waals surface area contributed by atoms with Crippen molar-refractivity contribution in [1.82, 2.24) is 10.6 Å². The number of ether oxygens (including phenoxy) is 1. The molecule has 1 aromatic rings. The van der Waals surface area contributed by atoms with E-state index in [4.69, 9.17) is 10.5 Å². The Kier molecular flexibility index (Phi) is 9.27. The van der Waals surface area contributed by atoms with Gasteiger partial charge in [0.05, 0.1) is 6.54 Å². The van der Waals surface area contributed by atoms with Crippen molar-refractivity contribution in [3.8, 4) is 5.75 Å². The molecule has 3 unspecified atom stereocenters.